The Hall–Kier alpha value is -0.540. The van der Waals surface area contributed by atoms with E-state index in [1.54, 1.807) is 0 Å². The maximum Gasteiger partial charge on any atom is 0.124 e. The Kier molecular flexibility index (Phi) is 3.87. The summed E-state index contributed by atoms with van der Waals surface area (Å²) in [6, 6.07) is 0. The zero-order valence-electron chi connectivity index (χ0n) is 10.2. The zero-order valence-corrected chi connectivity index (χ0v) is 10.2. The zero-order chi connectivity index (χ0) is 11.4. The van der Waals surface area contributed by atoms with E-state index in [2.05, 4.69) is 17.9 Å². The average Bonchev–Trinajstić information content (AvgIpc) is 2.34. The molecule has 0 unspecified atom stereocenters. The highest BCUT2D eigenvalue weighted by Gasteiger charge is 2.37. The maximum atomic E-state index is 10.6. The molecule has 16 heavy (non-hydrogen) atoms. The molecule has 2 aliphatic rings. The van der Waals surface area contributed by atoms with Crippen molar-refractivity contribution in [2.24, 2.45) is 0 Å². The van der Waals surface area contributed by atoms with Gasteiger partial charge < -0.3 is 14.7 Å². The fraction of sp³-hybridized carbons (Fsp3) is 0.846. The second kappa shape index (κ2) is 5.19. The van der Waals surface area contributed by atoms with Crippen LogP contribution in [0.1, 0.15) is 39.0 Å². The quantitative estimate of drug-likeness (QED) is 0.796. The maximum absolute atomic E-state index is 10.6. The summed E-state index contributed by atoms with van der Waals surface area (Å²) in [6.45, 7) is 6.10. The van der Waals surface area contributed by atoms with Gasteiger partial charge in [0.2, 0.25) is 0 Å². The minimum absolute atomic E-state index is 0.676. The lowest BCUT2D eigenvalue weighted by molar-refractivity contribution is -0.0397. The Morgan fingerprint density at radius 2 is 2.19 bits per heavy atom. The van der Waals surface area contributed by atoms with Gasteiger partial charge in [-0.15, -0.1) is 0 Å². The predicted molar refractivity (Wildman–Crippen MR) is 64.2 cm³/mol. The highest BCUT2D eigenvalue weighted by atomic mass is 16.5. The minimum atomic E-state index is -0.676. The molecule has 0 aromatic rings. The Morgan fingerprint density at radius 1 is 1.44 bits per heavy atom. The van der Waals surface area contributed by atoms with Crippen molar-refractivity contribution in [2.75, 3.05) is 26.2 Å². The number of nitrogens with zero attached hydrogens (tertiary/aromatic N) is 1. The van der Waals surface area contributed by atoms with Crippen LogP contribution in [-0.4, -0.2) is 41.8 Å². The summed E-state index contributed by atoms with van der Waals surface area (Å²) in [5.41, 5.74) is -0.676. The number of hydrogen-bond donors (Lipinski definition) is 1. The van der Waals surface area contributed by atoms with E-state index in [0.717, 1.165) is 57.7 Å². The van der Waals surface area contributed by atoms with Gasteiger partial charge in [-0.2, -0.15) is 0 Å². The summed E-state index contributed by atoms with van der Waals surface area (Å²) in [4.78, 5) is 2.43. The van der Waals surface area contributed by atoms with Crippen molar-refractivity contribution < 1.29 is 9.84 Å². The molecule has 0 radical (unpaired) electrons. The summed E-state index contributed by atoms with van der Waals surface area (Å²) in [6.07, 6.45) is 7.05. The molecule has 0 amide bonds. The summed E-state index contributed by atoms with van der Waals surface area (Å²) < 4.78 is 5.61. The van der Waals surface area contributed by atoms with Crippen LogP contribution < -0.4 is 0 Å². The number of aliphatic hydroxyl groups is 1. The van der Waals surface area contributed by atoms with Crippen molar-refractivity contribution in [3.63, 3.8) is 0 Å². The average molecular weight is 225 g/mol. The van der Waals surface area contributed by atoms with Crippen LogP contribution >= 0.6 is 0 Å². The third-order valence-electron chi connectivity index (χ3n) is 3.62. The van der Waals surface area contributed by atoms with Gasteiger partial charge in [-0.05, 0) is 44.7 Å². The van der Waals surface area contributed by atoms with E-state index >= 15 is 0 Å². The van der Waals surface area contributed by atoms with E-state index in [0.29, 0.717) is 0 Å². The first-order chi connectivity index (χ1) is 7.74. The van der Waals surface area contributed by atoms with Crippen molar-refractivity contribution in [1.82, 2.24) is 4.90 Å². The number of allylic oxidation sites excluding steroid dienone is 1. The molecule has 92 valence electrons. The molecule has 0 bridgehead atoms. The smallest absolute Gasteiger partial charge is 0.124 e. The fourth-order valence-corrected chi connectivity index (χ4v) is 2.59. The van der Waals surface area contributed by atoms with Gasteiger partial charge in [0.05, 0.1) is 6.61 Å². The first kappa shape index (κ1) is 11.9. The second-order valence-electron chi connectivity index (χ2n) is 4.93. The molecule has 2 heterocycles. The Labute approximate surface area is 98.1 Å². The molecule has 3 nitrogen and oxygen atoms in total. The molecular weight excluding hydrogens is 202 g/mol. The molecule has 0 aromatic heterocycles. The van der Waals surface area contributed by atoms with E-state index in [1.807, 2.05) is 0 Å². The summed E-state index contributed by atoms with van der Waals surface area (Å²) in [5.74, 6) is 0.842. The molecule has 1 saturated heterocycles. The van der Waals surface area contributed by atoms with Gasteiger partial charge in [-0.3, -0.25) is 0 Å². The normalized spacial score (nSPS) is 26.0. The SMILES string of the molecule is CCCN1CCC(O)(C2=CCCCO2)CC1. The van der Waals surface area contributed by atoms with Crippen molar-refractivity contribution in [3.8, 4) is 0 Å². The third kappa shape index (κ3) is 2.58. The summed E-state index contributed by atoms with van der Waals surface area (Å²) in [5, 5.41) is 10.6. The number of likely N-dealkylation sites (tertiary alicyclic amines) is 1. The lowest BCUT2D eigenvalue weighted by Crippen LogP contribution is -2.46. The monoisotopic (exact) mass is 225 g/mol. The minimum Gasteiger partial charge on any atom is -0.495 e. The van der Waals surface area contributed by atoms with E-state index < -0.39 is 5.60 Å². The molecule has 0 aliphatic carbocycles. The molecule has 1 fully saturated rings. The molecule has 0 atom stereocenters. The highest BCUT2D eigenvalue weighted by molar-refractivity contribution is 5.13. The number of rotatable bonds is 3. The van der Waals surface area contributed by atoms with E-state index in [4.69, 9.17) is 4.74 Å². The van der Waals surface area contributed by atoms with Crippen LogP contribution in [0.3, 0.4) is 0 Å². The Bertz CT molecular complexity index is 255. The van der Waals surface area contributed by atoms with Crippen LogP contribution in [0.2, 0.25) is 0 Å². The van der Waals surface area contributed by atoms with E-state index in [1.165, 1.54) is 6.42 Å². The largest absolute Gasteiger partial charge is 0.495 e. The van der Waals surface area contributed by atoms with Crippen LogP contribution in [-0.2, 0) is 4.74 Å². The van der Waals surface area contributed by atoms with Gasteiger partial charge >= 0.3 is 0 Å². The van der Waals surface area contributed by atoms with Gasteiger partial charge in [0, 0.05) is 13.1 Å². The molecule has 3 heteroatoms. The van der Waals surface area contributed by atoms with Crippen molar-refractivity contribution in [2.45, 2.75) is 44.6 Å². The number of ether oxygens (including phenoxy) is 1. The van der Waals surface area contributed by atoms with Gasteiger partial charge in [-0.1, -0.05) is 6.92 Å². The first-order valence-corrected chi connectivity index (χ1v) is 6.53. The van der Waals surface area contributed by atoms with Crippen LogP contribution in [0.15, 0.2) is 11.8 Å². The van der Waals surface area contributed by atoms with Crippen LogP contribution in [0.5, 0.6) is 0 Å². The van der Waals surface area contributed by atoms with E-state index in [-0.39, 0.29) is 0 Å². The molecule has 0 saturated carbocycles. The van der Waals surface area contributed by atoms with Crippen molar-refractivity contribution in [1.29, 1.82) is 0 Å². The van der Waals surface area contributed by atoms with Crippen LogP contribution in [0, 0.1) is 0 Å². The fourth-order valence-electron chi connectivity index (χ4n) is 2.59. The van der Waals surface area contributed by atoms with Crippen LogP contribution in [0.4, 0.5) is 0 Å². The van der Waals surface area contributed by atoms with Gasteiger partial charge in [0.25, 0.3) is 0 Å². The van der Waals surface area contributed by atoms with Crippen molar-refractivity contribution >= 4 is 0 Å². The van der Waals surface area contributed by atoms with Gasteiger partial charge in [0.1, 0.15) is 11.4 Å². The second-order valence-corrected chi connectivity index (χ2v) is 4.93. The first-order valence-electron chi connectivity index (χ1n) is 6.53. The van der Waals surface area contributed by atoms with Crippen LogP contribution in [0.25, 0.3) is 0 Å². The summed E-state index contributed by atoms with van der Waals surface area (Å²) >= 11 is 0. The summed E-state index contributed by atoms with van der Waals surface area (Å²) in [7, 11) is 0. The van der Waals surface area contributed by atoms with Gasteiger partial charge in [-0.25, -0.2) is 0 Å². The van der Waals surface area contributed by atoms with E-state index in [9.17, 15) is 5.11 Å². The predicted octanol–water partition coefficient (Wildman–Crippen LogP) is 1.92. The highest BCUT2D eigenvalue weighted by Crippen LogP contribution is 2.32. The number of hydrogen-bond acceptors (Lipinski definition) is 3. The van der Waals surface area contributed by atoms with Gasteiger partial charge in [0.15, 0.2) is 0 Å². The molecule has 0 aromatic carbocycles. The Morgan fingerprint density at radius 3 is 2.75 bits per heavy atom. The number of piperidine rings is 1. The van der Waals surface area contributed by atoms with Crippen molar-refractivity contribution in [3.05, 3.63) is 11.8 Å². The lowest BCUT2D eigenvalue weighted by Gasteiger charge is -2.39. The Balaban J connectivity index is 1.92. The molecular formula is C13H23NO2. The molecule has 2 rings (SSSR count). The third-order valence-corrected chi connectivity index (χ3v) is 3.62. The standard InChI is InChI=1S/C13H23NO2/c1-2-8-14-9-6-13(15,7-10-14)12-5-3-4-11-16-12/h5,15H,2-4,6-11H2,1H3. The topological polar surface area (TPSA) is 32.7 Å². The lowest BCUT2D eigenvalue weighted by atomic mass is 9.88. The molecule has 1 N–H and O–H groups in total. The molecule has 2 aliphatic heterocycles. The molecule has 0 spiro atoms.